The Morgan fingerprint density at radius 3 is 1.66 bits per heavy atom. The molecule has 0 aliphatic heterocycles. The number of carbonyl (C=O) groups is 5. The van der Waals surface area contributed by atoms with Crippen molar-refractivity contribution in [1.29, 1.82) is 0 Å². The number of carboxylic acids is 3. The van der Waals surface area contributed by atoms with Crippen molar-refractivity contribution in [2.24, 2.45) is 0 Å². The highest BCUT2D eigenvalue weighted by Gasteiger charge is 2.26. The first-order valence-electron chi connectivity index (χ1n) is 9.88. The Morgan fingerprint density at radius 1 is 0.719 bits per heavy atom. The minimum atomic E-state index is -1.19. The van der Waals surface area contributed by atoms with Gasteiger partial charge >= 0.3 is 17.9 Å². The molecule has 32 heavy (non-hydrogen) atoms. The second kappa shape index (κ2) is 15.9. The first-order chi connectivity index (χ1) is 15.0. The molecule has 6 N–H and O–H groups in total. The smallest absolute Gasteiger partial charge is 0.317 e. The number of amides is 2. The Hall–Kier alpha value is -2.81. The van der Waals surface area contributed by atoms with Crippen LogP contribution in [-0.4, -0.2) is 144 Å². The van der Waals surface area contributed by atoms with Gasteiger partial charge in [-0.05, 0) is 6.42 Å². The van der Waals surface area contributed by atoms with Crippen molar-refractivity contribution in [1.82, 2.24) is 25.3 Å². The first-order valence-corrected chi connectivity index (χ1v) is 9.88. The van der Waals surface area contributed by atoms with E-state index in [1.165, 1.54) is 28.8 Å². The third-order valence-corrected chi connectivity index (χ3v) is 4.51. The molecule has 0 aliphatic rings. The average molecular weight is 463 g/mol. The molecule has 0 aromatic heterocycles. The van der Waals surface area contributed by atoms with Gasteiger partial charge in [-0.15, -0.1) is 0 Å². The number of aliphatic carboxylic acids is 3. The van der Waals surface area contributed by atoms with Gasteiger partial charge in [0.25, 0.3) is 0 Å². The van der Waals surface area contributed by atoms with Crippen LogP contribution in [0.3, 0.4) is 0 Å². The van der Waals surface area contributed by atoms with E-state index in [1.807, 2.05) is 0 Å². The summed E-state index contributed by atoms with van der Waals surface area (Å²) in [7, 11) is 2.80. The second-order valence-corrected chi connectivity index (χ2v) is 7.04. The number of hydrogen-bond donors (Lipinski definition) is 6. The highest BCUT2D eigenvalue weighted by Crippen LogP contribution is 2.08. The molecule has 14 nitrogen and oxygen atoms in total. The number of likely N-dealkylation sites (N-methyl/N-ethyl adjacent to an activating group) is 2. The van der Waals surface area contributed by atoms with Crippen molar-refractivity contribution in [2.45, 2.75) is 12.5 Å². The number of aliphatic hydroxyl groups excluding tert-OH is 1. The monoisotopic (exact) mass is 463 g/mol. The zero-order valence-electron chi connectivity index (χ0n) is 18.3. The van der Waals surface area contributed by atoms with Crippen molar-refractivity contribution in [3.05, 3.63) is 0 Å². The summed E-state index contributed by atoms with van der Waals surface area (Å²) < 4.78 is 0. The fourth-order valence-corrected chi connectivity index (χ4v) is 2.98. The number of nitrogens with zero attached hydrogens (tertiary/aromatic N) is 3. The predicted octanol–water partition coefficient (Wildman–Crippen LogP) is -3.61. The molecule has 0 spiro atoms. The molecule has 0 fully saturated rings. The van der Waals surface area contributed by atoms with E-state index in [0.29, 0.717) is 0 Å². The van der Waals surface area contributed by atoms with E-state index < -0.39 is 55.4 Å². The van der Waals surface area contributed by atoms with E-state index in [2.05, 4.69) is 10.6 Å². The molecule has 1 unspecified atom stereocenters. The van der Waals surface area contributed by atoms with E-state index in [9.17, 15) is 39.3 Å². The van der Waals surface area contributed by atoms with Crippen LogP contribution in [0.2, 0.25) is 0 Å². The third kappa shape index (κ3) is 13.5. The van der Waals surface area contributed by atoms with Gasteiger partial charge in [-0.1, -0.05) is 0 Å². The highest BCUT2D eigenvalue weighted by atomic mass is 16.4. The molecule has 184 valence electrons. The molecule has 0 saturated heterocycles. The Bertz CT molecular complexity index is 646. The van der Waals surface area contributed by atoms with Gasteiger partial charge in [-0.2, -0.15) is 0 Å². The van der Waals surface area contributed by atoms with Crippen LogP contribution in [0.15, 0.2) is 0 Å². The van der Waals surface area contributed by atoms with Gasteiger partial charge in [0, 0.05) is 46.4 Å². The van der Waals surface area contributed by atoms with E-state index in [-0.39, 0.29) is 45.8 Å². The minimum absolute atomic E-state index is 0.00196. The molecule has 0 rings (SSSR count). The van der Waals surface area contributed by atoms with E-state index in [0.717, 1.165) is 0 Å². The van der Waals surface area contributed by atoms with Gasteiger partial charge in [0.15, 0.2) is 0 Å². The van der Waals surface area contributed by atoms with Gasteiger partial charge in [0.2, 0.25) is 11.8 Å². The van der Waals surface area contributed by atoms with Crippen molar-refractivity contribution >= 4 is 29.7 Å². The van der Waals surface area contributed by atoms with Gasteiger partial charge in [-0.25, -0.2) is 0 Å². The lowest BCUT2D eigenvalue weighted by molar-refractivity contribution is -0.141. The molecular formula is C18H33N5O9. The summed E-state index contributed by atoms with van der Waals surface area (Å²) in [6.45, 7) is -2.07. The summed E-state index contributed by atoms with van der Waals surface area (Å²) in [5.41, 5.74) is 0. The Morgan fingerprint density at radius 2 is 1.19 bits per heavy atom. The number of nitrogens with one attached hydrogen (secondary N) is 2. The van der Waals surface area contributed by atoms with Crippen LogP contribution >= 0.6 is 0 Å². The number of carboxylic acid groups (broad SMARTS) is 3. The van der Waals surface area contributed by atoms with Gasteiger partial charge in [-0.3, -0.25) is 38.7 Å². The fraction of sp³-hybridized carbons (Fsp3) is 0.722. The molecule has 14 heteroatoms. The topological polar surface area (TPSA) is 200 Å². The van der Waals surface area contributed by atoms with Gasteiger partial charge in [0.1, 0.15) is 0 Å². The lowest BCUT2D eigenvalue weighted by Crippen LogP contribution is -2.52. The molecule has 0 radical (unpaired) electrons. The van der Waals surface area contributed by atoms with Crippen LogP contribution in [0.5, 0.6) is 0 Å². The van der Waals surface area contributed by atoms with Crippen LogP contribution in [0, 0.1) is 0 Å². The minimum Gasteiger partial charge on any atom is -0.480 e. The predicted molar refractivity (Wildman–Crippen MR) is 111 cm³/mol. The number of aliphatic hydroxyl groups is 1. The molecule has 0 aliphatic carbocycles. The summed E-state index contributed by atoms with van der Waals surface area (Å²) in [6.07, 6.45) is 0.0808. The molecule has 0 aromatic carbocycles. The average Bonchev–Trinajstić information content (AvgIpc) is 2.69. The zero-order valence-corrected chi connectivity index (χ0v) is 18.3. The van der Waals surface area contributed by atoms with Gasteiger partial charge < -0.3 is 31.1 Å². The van der Waals surface area contributed by atoms with Crippen LogP contribution < -0.4 is 10.6 Å². The zero-order chi connectivity index (χ0) is 24.7. The van der Waals surface area contributed by atoms with Crippen molar-refractivity contribution in [3.63, 3.8) is 0 Å². The van der Waals surface area contributed by atoms with Crippen LogP contribution in [-0.2, 0) is 24.0 Å². The van der Waals surface area contributed by atoms with E-state index in [1.54, 1.807) is 0 Å². The number of carbonyl (C=O) groups excluding carboxylic acids is 2. The molecule has 2 amide bonds. The summed E-state index contributed by atoms with van der Waals surface area (Å²) in [6, 6.07) is -0.667. The van der Waals surface area contributed by atoms with Crippen molar-refractivity contribution < 1.29 is 44.4 Å². The second-order valence-electron chi connectivity index (χ2n) is 7.04. The SMILES string of the molecule is CNC(=O)CN(CCN(CC(=O)O)CC(CCO)N(CC(=O)O)CC(=O)NC)CC(=O)O. The summed E-state index contributed by atoms with van der Waals surface area (Å²) in [4.78, 5) is 61.2. The molecule has 0 heterocycles. The molecule has 1 atom stereocenters. The third-order valence-electron chi connectivity index (χ3n) is 4.51. The number of hydrogen-bond acceptors (Lipinski definition) is 9. The highest BCUT2D eigenvalue weighted by molar-refractivity contribution is 5.79. The lowest BCUT2D eigenvalue weighted by Gasteiger charge is -2.34. The first kappa shape index (κ1) is 29.2. The fourth-order valence-electron chi connectivity index (χ4n) is 2.98. The van der Waals surface area contributed by atoms with E-state index >= 15 is 0 Å². The Kier molecular flexibility index (Phi) is 14.5. The molecular weight excluding hydrogens is 430 g/mol. The molecule has 0 bridgehead atoms. The quantitative estimate of drug-likeness (QED) is 0.117. The summed E-state index contributed by atoms with van der Waals surface area (Å²) >= 11 is 0. The summed E-state index contributed by atoms with van der Waals surface area (Å²) in [5, 5.41) is 41.7. The largest absolute Gasteiger partial charge is 0.480 e. The maximum atomic E-state index is 11.8. The maximum absolute atomic E-state index is 11.8. The lowest BCUT2D eigenvalue weighted by atomic mass is 10.1. The van der Waals surface area contributed by atoms with Crippen molar-refractivity contribution in [2.75, 3.05) is 73.1 Å². The molecule has 0 saturated carbocycles. The van der Waals surface area contributed by atoms with Crippen LogP contribution in [0.25, 0.3) is 0 Å². The number of rotatable bonds is 18. The van der Waals surface area contributed by atoms with Crippen LogP contribution in [0.1, 0.15) is 6.42 Å². The van der Waals surface area contributed by atoms with Gasteiger partial charge in [0.05, 0.1) is 32.7 Å². The maximum Gasteiger partial charge on any atom is 0.317 e. The normalized spacial score (nSPS) is 12.1. The Labute approximate surface area is 185 Å². The van der Waals surface area contributed by atoms with Crippen molar-refractivity contribution in [3.8, 4) is 0 Å². The standard InChI is InChI=1S/C18H33N5O9/c1-19-14(25)8-22(11-17(29)30)5-4-21(10-16(27)28)7-13(3-6-24)23(12-18(31)32)9-15(26)20-2/h13,24H,3-12H2,1-2H3,(H,19,25)(H,20,26)(H,27,28)(H,29,30)(H,31,32). The Balaban J connectivity index is 5.48. The van der Waals surface area contributed by atoms with Crippen LogP contribution in [0.4, 0.5) is 0 Å². The summed E-state index contributed by atoms with van der Waals surface area (Å²) in [5.74, 6) is -4.38. The molecule has 0 aromatic rings. The van der Waals surface area contributed by atoms with E-state index in [4.69, 9.17) is 5.11 Å².